The molecule has 8 heteroatoms. The summed E-state index contributed by atoms with van der Waals surface area (Å²) in [5, 5.41) is 11.5. The van der Waals surface area contributed by atoms with Gasteiger partial charge in [-0.1, -0.05) is 13.8 Å². The molecule has 1 aliphatic heterocycles. The molecule has 0 amide bonds. The van der Waals surface area contributed by atoms with Gasteiger partial charge in [-0.3, -0.25) is 0 Å². The molecule has 1 N–H and O–H groups in total. The van der Waals surface area contributed by atoms with Crippen LogP contribution in [0.25, 0.3) is 0 Å². The van der Waals surface area contributed by atoms with Gasteiger partial charge in [0, 0.05) is 31.4 Å². The summed E-state index contributed by atoms with van der Waals surface area (Å²) in [6.45, 7) is 8.88. The van der Waals surface area contributed by atoms with Crippen LogP contribution in [0.3, 0.4) is 0 Å². The first kappa shape index (κ1) is 16.6. The van der Waals surface area contributed by atoms with Crippen LogP contribution in [-0.2, 0) is 24.2 Å². The van der Waals surface area contributed by atoms with Gasteiger partial charge >= 0.3 is 0 Å². The van der Waals surface area contributed by atoms with E-state index in [4.69, 9.17) is 4.74 Å². The van der Waals surface area contributed by atoms with Gasteiger partial charge in [-0.2, -0.15) is 4.98 Å². The quantitative estimate of drug-likeness (QED) is 0.823. The molecule has 0 bridgehead atoms. The molecule has 1 fully saturated rings. The highest BCUT2D eigenvalue weighted by molar-refractivity contribution is 5.44. The van der Waals surface area contributed by atoms with Crippen molar-refractivity contribution in [1.82, 2.24) is 24.7 Å². The Bertz CT molecular complexity index is 652. The fourth-order valence-electron chi connectivity index (χ4n) is 2.67. The molecule has 0 aliphatic carbocycles. The summed E-state index contributed by atoms with van der Waals surface area (Å²) in [5.74, 6) is 2.52. The normalized spacial score (nSPS) is 14.8. The van der Waals surface area contributed by atoms with Crippen LogP contribution in [0.4, 0.5) is 11.8 Å². The van der Waals surface area contributed by atoms with Crippen LogP contribution in [0.5, 0.6) is 0 Å². The number of nitrogens with one attached hydrogen (secondary N) is 1. The predicted octanol–water partition coefficient (Wildman–Crippen LogP) is 1.49. The molecule has 0 atom stereocenters. The average Bonchev–Trinajstić information content (AvgIpc) is 3.08. The van der Waals surface area contributed by atoms with Crippen LogP contribution < -0.4 is 10.2 Å². The number of anilines is 2. The Morgan fingerprint density at radius 3 is 2.79 bits per heavy atom. The standard InChI is InChI=1S/C16H25N7O/c1-3-5-23-12-18-21-15(23)11-17-14-10-13(4-2)19-16(20-14)22-6-8-24-9-7-22/h10,12H,3-9,11H2,1-2H3,(H,17,19,20). The molecule has 1 aliphatic rings. The van der Waals surface area contributed by atoms with Crippen molar-refractivity contribution >= 4 is 11.8 Å². The van der Waals surface area contributed by atoms with E-state index in [0.717, 1.165) is 69.0 Å². The Morgan fingerprint density at radius 2 is 2.04 bits per heavy atom. The van der Waals surface area contributed by atoms with Gasteiger partial charge in [0.2, 0.25) is 5.95 Å². The Balaban J connectivity index is 1.73. The molecule has 1 saturated heterocycles. The smallest absolute Gasteiger partial charge is 0.227 e. The molecule has 0 aromatic carbocycles. The summed E-state index contributed by atoms with van der Waals surface area (Å²) in [7, 11) is 0. The van der Waals surface area contributed by atoms with E-state index in [9.17, 15) is 0 Å². The van der Waals surface area contributed by atoms with Gasteiger partial charge < -0.3 is 19.5 Å². The molecule has 0 saturated carbocycles. The second-order valence-electron chi connectivity index (χ2n) is 5.79. The molecule has 24 heavy (non-hydrogen) atoms. The Hall–Kier alpha value is -2.22. The predicted molar refractivity (Wildman–Crippen MR) is 92.1 cm³/mol. The van der Waals surface area contributed by atoms with Crippen LogP contribution in [-0.4, -0.2) is 51.0 Å². The van der Waals surface area contributed by atoms with Crippen molar-refractivity contribution in [2.45, 2.75) is 39.8 Å². The fourth-order valence-corrected chi connectivity index (χ4v) is 2.67. The van der Waals surface area contributed by atoms with Crippen LogP contribution in [0.15, 0.2) is 12.4 Å². The van der Waals surface area contributed by atoms with Crippen LogP contribution in [0.1, 0.15) is 31.8 Å². The number of ether oxygens (including phenoxy) is 1. The van der Waals surface area contributed by atoms with Crippen molar-refractivity contribution in [3.05, 3.63) is 23.9 Å². The maximum atomic E-state index is 5.41. The van der Waals surface area contributed by atoms with Crippen LogP contribution >= 0.6 is 0 Å². The van der Waals surface area contributed by atoms with E-state index in [1.54, 1.807) is 6.33 Å². The molecule has 130 valence electrons. The van der Waals surface area contributed by atoms with Gasteiger partial charge in [-0.25, -0.2) is 4.98 Å². The van der Waals surface area contributed by atoms with Crippen molar-refractivity contribution in [3.63, 3.8) is 0 Å². The lowest BCUT2D eigenvalue weighted by molar-refractivity contribution is 0.122. The molecule has 8 nitrogen and oxygen atoms in total. The first-order chi connectivity index (χ1) is 11.8. The summed E-state index contributed by atoms with van der Waals surface area (Å²) in [6.07, 6.45) is 3.71. The van der Waals surface area contributed by atoms with E-state index in [2.05, 4.69) is 48.8 Å². The van der Waals surface area contributed by atoms with E-state index < -0.39 is 0 Å². The molecule has 3 heterocycles. The maximum absolute atomic E-state index is 5.41. The largest absolute Gasteiger partial charge is 0.378 e. The fraction of sp³-hybridized carbons (Fsp3) is 0.625. The second kappa shape index (κ2) is 8.05. The number of hydrogen-bond donors (Lipinski definition) is 1. The zero-order valence-corrected chi connectivity index (χ0v) is 14.4. The molecular weight excluding hydrogens is 306 g/mol. The third-order valence-corrected chi connectivity index (χ3v) is 4.01. The summed E-state index contributed by atoms with van der Waals surface area (Å²) in [4.78, 5) is 11.5. The highest BCUT2D eigenvalue weighted by Gasteiger charge is 2.15. The molecular formula is C16H25N7O. The van der Waals surface area contributed by atoms with Crippen molar-refractivity contribution in [3.8, 4) is 0 Å². The molecule has 3 rings (SSSR count). The molecule has 0 spiro atoms. The van der Waals surface area contributed by atoms with E-state index in [1.165, 1.54) is 0 Å². The zero-order chi connectivity index (χ0) is 16.8. The van der Waals surface area contributed by atoms with E-state index in [-0.39, 0.29) is 0 Å². The Labute approximate surface area is 142 Å². The monoisotopic (exact) mass is 331 g/mol. The van der Waals surface area contributed by atoms with Crippen molar-refractivity contribution in [1.29, 1.82) is 0 Å². The van der Waals surface area contributed by atoms with Crippen molar-refractivity contribution in [2.24, 2.45) is 0 Å². The van der Waals surface area contributed by atoms with E-state index >= 15 is 0 Å². The Kier molecular flexibility index (Phi) is 5.58. The summed E-state index contributed by atoms with van der Waals surface area (Å²) >= 11 is 0. The highest BCUT2D eigenvalue weighted by atomic mass is 16.5. The van der Waals surface area contributed by atoms with Crippen molar-refractivity contribution in [2.75, 3.05) is 36.5 Å². The molecule has 2 aromatic heterocycles. The lowest BCUT2D eigenvalue weighted by atomic mass is 10.3. The average molecular weight is 331 g/mol. The van der Waals surface area contributed by atoms with Gasteiger partial charge in [-0.15, -0.1) is 10.2 Å². The van der Waals surface area contributed by atoms with Gasteiger partial charge in [0.25, 0.3) is 0 Å². The molecule has 0 unspecified atom stereocenters. The lowest BCUT2D eigenvalue weighted by Gasteiger charge is -2.27. The third-order valence-electron chi connectivity index (χ3n) is 4.01. The first-order valence-corrected chi connectivity index (χ1v) is 8.61. The highest BCUT2D eigenvalue weighted by Crippen LogP contribution is 2.16. The summed E-state index contributed by atoms with van der Waals surface area (Å²) < 4.78 is 7.48. The van der Waals surface area contributed by atoms with Crippen LogP contribution in [0, 0.1) is 0 Å². The van der Waals surface area contributed by atoms with Crippen LogP contribution in [0.2, 0.25) is 0 Å². The van der Waals surface area contributed by atoms with Gasteiger partial charge in [0.05, 0.1) is 19.8 Å². The third kappa shape index (κ3) is 4.00. The SMILES string of the molecule is CCCn1cnnc1CNc1cc(CC)nc(N2CCOCC2)n1. The Morgan fingerprint density at radius 1 is 1.21 bits per heavy atom. The van der Waals surface area contributed by atoms with Gasteiger partial charge in [0.1, 0.15) is 12.1 Å². The number of hydrogen-bond acceptors (Lipinski definition) is 7. The number of aryl methyl sites for hydroxylation is 2. The number of nitrogens with zero attached hydrogens (tertiary/aromatic N) is 6. The van der Waals surface area contributed by atoms with Gasteiger partial charge in [-0.05, 0) is 12.8 Å². The lowest BCUT2D eigenvalue weighted by Crippen LogP contribution is -2.37. The number of aromatic nitrogens is 5. The molecule has 0 radical (unpaired) electrons. The van der Waals surface area contributed by atoms with Crippen molar-refractivity contribution < 1.29 is 4.74 Å². The number of morpholine rings is 1. The topological polar surface area (TPSA) is 81.0 Å². The minimum absolute atomic E-state index is 0.600. The molecule has 2 aromatic rings. The first-order valence-electron chi connectivity index (χ1n) is 8.61. The minimum Gasteiger partial charge on any atom is -0.378 e. The van der Waals surface area contributed by atoms with E-state index in [1.807, 2.05) is 6.07 Å². The summed E-state index contributed by atoms with van der Waals surface area (Å²) in [6, 6.07) is 2.00. The number of rotatable bonds is 7. The van der Waals surface area contributed by atoms with E-state index in [0.29, 0.717) is 6.54 Å². The summed E-state index contributed by atoms with van der Waals surface area (Å²) in [5.41, 5.74) is 1.03. The zero-order valence-electron chi connectivity index (χ0n) is 14.4. The van der Waals surface area contributed by atoms with Gasteiger partial charge in [0.15, 0.2) is 5.82 Å². The second-order valence-corrected chi connectivity index (χ2v) is 5.79. The maximum Gasteiger partial charge on any atom is 0.227 e. The minimum atomic E-state index is 0.600.